The molecule has 1 heterocycles. The van der Waals surface area contributed by atoms with Gasteiger partial charge < -0.3 is 19.5 Å². The zero-order valence-corrected chi connectivity index (χ0v) is 14.5. The number of hydrogen-bond donors (Lipinski definition) is 1. The summed E-state index contributed by atoms with van der Waals surface area (Å²) in [4.78, 5) is 12.6. The first-order valence-corrected chi connectivity index (χ1v) is 8.89. The van der Waals surface area contributed by atoms with Gasteiger partial charge in [-0.05, 0) is 25.5 Å². The maximum atomic E-state index is 12.6. The summed E-state index contributed by atoms with van der Waals surface area (Å²) in [5, 5.41) is 2.80. The fraction of sp³-hybridized carbons (Fsp3) is 0.533. The van der Waals surface area contributed by atoms with E-state index in [4.69, 9.17) is 14.2 Å². The quantitative estimate of drug-likeness (QED) is 0.858. The smallest absolute Gasteiger partial charge is 0.255 e. The number of sulfone groups is 1. The van der Waals surface area contributed by atoms with E-state index in [1.165, 1.54) is 21.3 Å². The van der Waals surface area contributed by atoms with Crippen molar-refractivity contribution >= 4 is 15.7 Å². The number of nitrogens with one attached hydrogen (secondary N) is 1. The van der Waals surface area contributed by atoms with Gasteiger partial charge in [0.15, 0.2) is 21.3 Å². The van der Waals surface area contributed by atoms with Crippen molar-refractivity contribution in [3.8, 4) is 17.2 Å². The Labute approximate surface area is 135 Å². The highest BCUT2D eigenvalue weighted by atomic mass is 32.2. The lowest BCUT2D eigenvalue weighted by Crippen LogP contribution is -2.47. The fourth-order valence-electron chi connectivity index (χ4n) is 2.73. The van der Waals surface area contributed by atoms with Gasteiger partial charge in [0.05, 0.1) is 43.9 Å². The summed E-state index contributed by atoms with van der Waals surface area (Å²) in [5.74, 6) is 0.590. The summed E-state index contributed by atoms with van der Waals surface area (Å²) in [6.07, 6.45) is 0.386. The van der Waals surface area contributed by atoms with Gasteiger partial charge in [-0.15, -0.1) is 0 Å². The lowest BCUT2D eigenvalue weighted by molar-refractivity contribution is 0.0911. The summed E-state index contributed by atoms with van der Waals surface area (Å²) in [7, 11) is 1.25. The van der Waals surface area contributed by atoms with Gasteiger partial charge in [0.25, 0.3) is 5.91 Å². The van der Waals surface area contributed by atoms with E-state index < -0.39 is 21.3 Å². The number of ether oxygens (including phenoxy) is 3. The predicted molar refractivity (Wildman–Crippen MR) is 85.2 cm³/mol. The van der Waals surface area contributed by atoms with Gasteiger partial charge in [0.1, 0.15) is 0 Å². The minimum atomic E-state index is -3.11. The van der Waals surface area contributed by atoms with Crippen LogP contribution < -0.4 is 19.5 Å². The first kappa shape index (κ1) is 17.4. The molecule has 7 nitrogen and oxygen atoms in total. The molecule has 0 radical (unpaired) electrons. The van der Waals surface area contributed by atoms with Crippen LogP contribution in [0.25, 0.3) is 0 Å². The Hall–Kier alpha value is -1.96. The molecule has 1 fully saturated rings. The molecular weight excluding hydrogens is 322 g/mol. The topological polar surface area (TPSA) is 90.9 Å². The molecule has 1 N–H and O–H groups in total. The number of benzene rings is 1. The standard InChI is InChI=1S/C15H21NO6S/c1-15(7-8-23(18,19)9-15)16-14(17)10-5-6-11(20-2)13(22-4)12(10)21-3/h5-6H,7-9H2,1-4H3,(H,16,17)/t15-/m1/s1. The fourth-order valence-corrected chi connectivity index (χ4v) is 4.82. The van der Waals surface area contributed by atoms with Crippen molar-refractivity contribution in [2.45, 2.75) is 18.9 Å². The van der Waals surface area contributed by atoms with Crippen molar-refractivity contribution in [3.05, 3.63) is 17.7 Å². The van der Waals surface area contributed by atoms with Gasteiger partial charge in [0.2, 0.25) is 5.75 Å². The molecule has 1 atom stereocenters. The highest BCUT2D eigenvalue weighted by Crippen LogP contribution is 2.40. The van der Waals surface area contributed by atoms with Crippen LogP contribution >= 0.6 is 0 Å². The normalized spacial score (nSPS) is 22.4. The monoisotopic (exact) mass is 343 g/mol. The number of methoxy groups -OCH3 is 3. The lowest BCUT2D eigenvalue weighted by atomic mass is 10.0. The van der Waals surface area contributed by atoms with E-state index >= 15 is 0 Å². The molecule has 0 aromatic heterocycles. The van der Waals surface area contributed by atoms with Crippen LogP contribution in [-0.2, 0) is 9.84 Å². The molecule has 1 aliphatic heterocycles. The van der Waals surface area contributed by atoms with Crippen molar-refractivity contribution in [3.63, 3.8) is 0 Å². The first-order valence-electron chi connectivity index (χ1n) is 7.07. The molecule has 1 aromatic rings. The second kappa shape index (κ2) is 6.27. The third-order valence-corrected chi connectivity index (χ3v) is 5.77. The van der Waals surface area contributed by atoms with Crippen LogP contribution in [0.3, 0.4) is 0 Å². The van der Waals surface area contributed by atoms with E-state index in [0.29, 0.717) is 17.9 Å². The summed E-state index contributed by atoms with van der Waals surface area (Å²) in [5.41, 5.74) is -0.524. The van der Waals surface area contributed by atoms with E-state index in [1.807, 2.05) is 0 Å². The SMILES string of the molecule is COc1ccc(C(=O)N[C@]2(C)CCS(=O)(=O)C2)c(OC)c1OC. The van der Waals surface area contributed by atoms with Crippen LogP contribution in [-0.4, -0.2) is 52.7 Å². The second-order valence-electron chi connectivity index (χ2n) is 5.74. The van der Waals surface area contributed by atoms with Gasteiger partial charge in [-0.2, -0.15) is 0 Å². The van der Waals surface area contributed by atoms with E-state index in [1.54, 1.807) is 19.1 Å². The molecule has 0 aliphatic carbocycles. The third kappa shape index (κ3) is 3.52. The van der Waals surface area contributed by atoms with Crippen LogP contribution in [0.4, 0.5) is 0 Å². The van der Waals surface area contributed by atoms with Gasteiger partial charge in [-0.25, -0.2) is 8.42 Å². The van der Waals surface area contributed by atoms with Crippen LogP contribution in [0.15, 0.2) is 12.1 Å². The molecule has 1 aliphatic rings. The molecular formula is C15H21NO6S. The number of carbonyl (C=O) groups excluding carboxylic acids is 1. The summed E-state index contributed by atoms with van der Waals surface area (Å²) >= 11 is 0. The van der Waals surface area contributed by atoms with Gasteiger partial charge >= 0.3 is 0 Å². The third-order valence-electron chi connectivity index (χ3n) is 3.87. The molecule has 0 spiro atoms. The Kier molecular flexibility index (Phi) is 4.74. The Morgan fingerprint density at radius 1 is 1.13 bits per heavy atom. The van der Waals surface area contributed by atoms with Crippen LogP contribution in [0.1, 0.15) is 23.7 Å². The van der Waals surface area contributed by atoms with E-state index in [0.717, 1.165) is 0 Å². The molecule has 8 heteroatoms. The Morgan fingerprint density at radius 2 is 1.78 bits per heavy atom. The lowest BCUT2D eigenvalue weighted by Gasteiger charge is -2.25. The molecule has 2 rings (SSSR count). The summed E-state index contributed by atoms with van der Waals surface area (Å²) < 4.78 is 39.0. The Bertz CT molecular complexity index is 715. The van der Waals surface area contributed by atoms with Crippen LogP contribution in [0, 0.1) is 0 Å². The maximum absolute atomic E-state index is 12.6. The molecule has 1 aromatic carbocycles. The first-order chi connectivity index (χ1) is 10.7. The molecule has 1 amide bonds. The van der Waals surface area contributed by atoms with Gasteiger partial charge in [0, 0.05) is 0 Å². The van der Waals surface area contributed by atoms with Crippen molar-refractivity contribution in [1.82, 2.24) is 5.32 Å². The van der Waals surface area contributed by atoms with Crippen molar-refractivity contribution < 1.29 is 27.4 Å². The van der Waals surface area contributed by atoms with Gasteiger partial charge in [-0.3, -0.25) is 4.79 Å². The summed E-state index contributed by atoms with van der Waals surface area (Å²) in [6, 6.07) is 3.16. The average Bonchev–Trinajstić information content (AvgIpc) is 2.78. The van der Waals surface area contributed by atoms with Gasteiger partial charge in [-0.1, -0.05) is 0 Å². The highest BCUT2D eigenvalue weighted by Gasteiger charge is 2.40. The number of hydrogen-bond acceptors (Lipinski definition) is 6. The second-order valence-corrected chi connectivity index (χ2v) is 7.92. The molecule has 0 unspecified atom stereocenters. The summed E-state index contributed by atoms with van der Waals surface area (Å²) in [6.45, 7) is 1.72. The zero-order valence-electron chi connectivity index (χ0n) is 13.6. The minimum absolute atomic E-state index is 0.0681. The zero-order chi connectivity index (χ0) is 17.3. The Balaban J connectivity index is 2.33. The van der Waals surface area contributed by atoms with Crippen molar-refractivity contribution in [2.75, 3.05) is 32.8 Å². The Morgan fingerprint density at radius 3 is 2.26 bits per heavy atom. The highest BCUT2D eigenvalue weighted by molar-refractivity contribution is 7.91. The largest absolute Gasteiger partial charge is 0.493 e. The van der Waals surface area contributed by atoms with Crippen LogP contribution in [0.5, 0.6) is 17.2 Å². The molecule has 128 valence electrons. The maximum Gasteiger partial charge on any atom is 0.255 e. The average molecular weight is 343 g/mol. The van der Waals surface area contributed by atoms with Crippen molar-refractivity contribution in [2.24, 2.45) is 0 Å². The van der Waals surface area contributed by atoms with E-state index in [2.05, 4.69) is 5.32 Å². The molecule has 0 saturated carbocycles. The molecule has 0 bridgehead atoms. The minimum Gasteiger partial charge on any atom is -0.493 e. The van der Waals surface area contributed by atoms with E-state index in [9.17, 15) is 13.2 Å². The number of carbonyl (C=O) groups is 1. The van der Waals surface area contributed by atoms with E-state index in [-0.39, 0.29) is 22.8 Å². The number of amides is 1. The predicted octanol–water partition coefficient (Wildman–Crippen LogP) is 1.02. The molecule has 1 saturated heterocycles. The molecule has 23 heavy (non-hydrogen) atoms. The van der Waals surface area contributed by atoms with Crippen molar-refractivity contribution in [1.29, 1.82) is 0 Å². The van der Waals surface area contributed by atoms with Crippen LogP contribution in [0.2, 0.25) is 0 Å². The number of rotatable bonds is 5.